The Hall–Kier alpha value is -4.86. The van der Waals surface area contributed by atoms with Crippen molar-refractivity contribution in [2.24, 2.45) is 5.41 Å². The molecule has 10 nitrogen and oxygen atoms in total. The van der Waals surface area contributed by atoms with Crippen LogP contribution in [-0.4, -0.2) is 77.8 Å². The molecule has 1 amide bonds. The fraction of sp³-hybridized carbons (Fsp3) is 0.405. The number of hydrogen-bond acceptors (Lipinski definition) is 9. The SMILES string of the molecule is COc1ccc(N2CCN(C(=O)CN3c4ccccc4NC4=C(C(=O)CC(C)(C)C4)C3c3cc(OC)c(OC)c(OC)c3)CC2)cc1. The topological polar surface area (TPSA) is 92.8 Å². The number of para-hydroxylation sites is 2. The number of ether oxygens (including phenoxy) is 4. The van der Waals surface area contributed by atoms with Crippen LogP contribution in [0.2, 0.25) is 0 Å². The molecule has 1 saturated heterocycles. The van der Waals surface area contributed by atoms with Gasteiger partial charge in [0.2, 0.25) is 11.7 Å². The van der Waals surface area contributed by atoms with Crippen molar-refractivity contribution in [3.63, 3.8) is 0 Å². The second kappa shape index (κ2) is 13.1. The molecule has 2 aliphatic heterocycles. The zero-order valence-electron chi connectivity index (χ0n) is 28.1. The molecular formula is C37H44N4O6. The number of rotatable bonds is 8. The van der Waals surface area contributed by atoms with E-state index in [1.165, 1.54) is 0 Å². The summed E-state index contributed by atoms with van der Waals surface area (Å²) in [5.74, 6) is 2.31. The van der Waals surface area contributed by atoms with E-state index in [1.807, 2.05) is 65.6 Å². The molecule has 0 radical (unpaired) electrons. The number of ketones is 1. The van der Waals surface area contributed by atoms with E-state index in [0.29, 0.717) is 48.8 Å². The van der Waals surface area contributed by atoms with Crippen LogP contribution in [0.15, 0.2) is 71.9 Å². The number of carbonyl (C=O) groups is 2. The minimum Gasteiger partial charge on any atom is -0.497 e. The van der Waals surface area contributed by atoms with Crippen LogP contribution >= 0.6 is 0 Å². The van der Waals surface area contributed by atoms with Crippen molar-refractivity contribution in [3.8, 4) is 23.0 Å². The van der Waals surface area contributed by atoms with E-state index < -0.39 is 6.04 Å². The minimum atomic E-state index is -0.581. The summed E-state index contributed by atoms with van der Waals surface area (Å²) in [4.78, 5) is 34.7. The number of fused-ring (bicyclic) bond motifs is 1. The first-order valence-corrected chi connectivity index (χ1v) is 16.0. The van der Waals surface area contributed by atoms with Gasteiger partial charge in [0.15, 0.2) is 17.3 Å². The Kier molecular flexibility index (Phi) is 8.94. The molecule has 1 unspecified atom stereocenters. The molecule has 10 heteroatoms. The molecule has 1 N–H and O–H groups in total. The van der Waals surface area contributed by atoms with Crippen molar-refractivity contribution in [2.75, 3.05) is 76.3 Å². The number of nitrogens with one attached hydrogen (secondary N) is 1. The molecule has 248 valence electrons. The second-order valence-electron chi connectivity index (χ2n) is 13.0. The van der Waals surface area contributed by atoms with E-state index in [4.69, 9.17) is 18.9 Å². The lowest BCUT2D eigenvalue weighted by molar-refractivity contribution is -0.130. The highest BCUT2D eigenvalue weighted by Gasteiger charge is 2.43. The third kappa shape index (κ3) is 6.28. The average Bonchev–Trinajstić information content (AvgIpc) is 3.21. The third-order valence-corrected chi connectivity index (χ3v) is 9.38. The first kappa shape index (κ1) is 32.1. The van der Waals surface area contributed by atoms with Gasteiger partial charge in [0.05, 0.1) is 52.4 Å². The minimum absolute atomic E-state index is 0.000682. The van der Waals surface area contributed by atoms with Gasteiger partial charge < -0.3 is 39.0 Å². The predicted molar refractivity (Wildman–Crippen MR) is 183 cm³/mol. The second-order valence-corrected chi connectivity index (χ2v) is 13.0. The summed E-state index contributed by atoms with van der Waals surface area (Å²) in [5.41, 5.74) is 4.90. The van der Waals surface area contributed by atoms with E-state index >= 15 is 0 Å². The third-order valence-electron chi connectivity index (χ3n) is 9.38. The van der Waals surface area contributed by atoms with Crippen molar-refractivity contribution >= 4 is 28.8 Å². The largest absolute Gasteiger partial charge is 0.497 e. The Labute approximate surface area is 276 Å². The number of hydrogen-bond donors (Lipinski definition) is 1. The van der Waals surface area contributed by atoms with Gasteiger partial charge in [-0.1, -0.05) is 26.0 Å². The first-order valence-electron chi connectivity index (χ1n) is 16.0. The van der Waals surface area contributed by atoms with Crippen LogP contribution < -0.4 is 34.1 Å². The van der Waals surface area contributed by atoms with Crippen LogP contribution in [-0.2, 0) is 9.59 Å². The van der Waals surface area contributed by atoms with Crippen LogP contribution in [0, 0.1) is 5.41 Å². The maximum atomic E-state index is 14.2. The first-order chi connectivity index (χ1) is 22.7. The summed E-state index contributed by atoms with van der Waals surface area (Å²) in [5, 5.41) is 3.63. The van der Waals surface area contributed by atoms with Gasteiger partial charge in [-0.05, 0) is 65.9 Å². The molecular weight excluding hydrogens is 596 g/mol. The number of nitrogens with zero attached hydrogens (tertiary/aromatic N) is 3. The van der Waals surface area contributed by atoms with Crippen LogP contribution in [0.3, 0.4) is 0 Å². The number of amides is 1. The number of allylic oxidation sites excluding steroid dienone is 1. The van der Waals surface area contributed by atoms with E-state index in [2.05, 4.69) is 29.0 Å². The Morgan fingerprint density at radius 2 is 1.51 bits per heavy atom. The molecule has 1 aliphatic carbocycles. The van der Waals surface area contributed by atoms with Crippen LogP contribution in [0.4, 0.5) is 17.1 Å². The smallest absolute Gasteiger partial charge is 0.242 e. The maximum Gasteiger partial charge on any atom is 0.242 e. The highest BCUT2D eigenvalue weighted by atomic mass is 16.5. The number of carbonyl (C=O) groups excluding carboxylic acids is 2. The number of anilines is 3. The van der Waals surface area contributed by atoms with Gasteiger partial charge in [-0.25, -0.2) is 0 Å². The summed E-state index contributed by atoms with van der Waals surface area (Å²) in [6.45, 7) is 6.94. The number of methoxy groups -OCH3 is 4. The normalized spacial score (nSPS) is 18.9. The summed E-state index contributed by atoms with van der Waals surface area (Å²) >= 11 is 0. The zero-order valence-corrected chi connectivity index (χ0v) is 28.1. The molecule has 0 saturated carbocycles. The summed E-state index contributed by atoms with van der Waals surface area (Å²) in [6.07, 6.45) is 1.10. The molecule has 3 aliphatic rings. The molecule has 47 heavy (non-hydrogen) atoms. The van der Waals surface area contributed by atoms with E-state index in [0.717, 1.165) is 47.2 Å². The van der Waals surface area contributed by atoms with Crippen molar-refractivity contribution < 1.29 is 28.5 Å². The molecule has 1 atom stereocenters. The van der Waals surface area contributed by atoms with Gasteiger partial charge in [0.1, 0.15) is 5.75 Å². The van der Waals surface area contributed by atoms with Crippen LogP contribution in [0.25, 0.3) is 0 Å². The standard InChI is InChI=1S/C37H44N4O6/c1-37(2)21-28-34(30(42)22-37)35(24-19-31(45-4)36(47-6)32(20-24)46-5)41(29-10-8-7-9-27(29)38-28)23-33(43)40-17-15-39(16-18-40)25-11-13-26(44-3)14-12-25/h7-14,19-20,35,38H,15-18,21-23H2,1-6H3. The van der Waals surface area contributed by atoms with Gasteiger partial charge in [-0.15, -0.1) is 0 Å². The molecule has 0 bridgehead atoms. The molecule has 0 spiro atoms. The maximum absolute atomic E-state index is 14.2. The van der Waals surface area contributed by atoms with Gasteiger partial charge in [-0.2, -0.15) is 0 Å². The highest BCUT2D eigenvalue weighted by molar-refractivity contribution is 6.02. The lowest BCUT2D eigenvalue weighted by Gasteiger charge is -2.40. The summed E-state index contributed by atoms with van der Waals surface area (Å²) < 4.78 is 22.4. The number of benzene rings is 3. The van der Waals surface area contributed by atoms with Crippen LogP contribution in [0.1, 0.15) is 38.3 Å². The van der Waals surface area contributed by atoms with E-state index in [9.17, 15) is 9.59 Å². The van der Waals surface area contributed by atoms with E-state index in [1.54, 1.807) is 28.4 Å². The summed E-state index contributed by atoms with van der Waals surface area (Å²) in [6, 6.07) is 19.2. The lowest BCUT2D eigenvalue weighted by atomic mass is 9.73. The molecule has 0 aromatic heterocycles. The molecule has 3 aromatic rings. The van der Waals surface area contributed by atoms with Gasteiger partial charge >= 0.3 is 0 Å². The predicted octanol–water partition coefficient (Wildman–Crippen LogP) is 5.69. The highest BCUT2D eigenvalue weighted by Crippen LogP contribution is 2.50. The van der Waals surface area contributed by atoms with Crippen molar-refractivity contribution in [2.45, 2.75) is 32.7 Å². The van der Waals surface area contributed by atoms with Crippen LogP contribution in [0.5, 0.6) is 23.0 Å². The average molecular weight is 641 g/mol. The van der Waals surface area contributed by atoms with Gasteiger partial charge in [0.25, 0.3) is 0 Å². The van der Waals surface area contributed by atoms with Crippen molar-refractivity contribution in [3.05, 3.63) is 77.5 Å². The fourth-order valence-corrected chi connectivity index (χ4v) is 7.09. The summed E-state index contributed by atoms with van der Waals surface area (Å²) in [7, 11) is 6.39. The number of piperazine rings is 1. The van der Waals surface area contributed by atoms with Crippen molar-refractivity contribution in [1.29, 1.82) is 0 Å². The van der Waals surface area contributed by atoms with Gasteiger partial charge in [0, 0.05) is 49.6 Å². The number of Topliss-reactive ketones (excluding diaryl/α,β-unsaturated/α-hetero) is 1. The Bertz CT molecular complexity index is 1650. The quantitative estimate of drug-likeness (QED) is 0.334. The van der Waals surface area contributed by atoms with Crippen molar-refractivity contribution in [1.82, 2.24) is 4.90 Å². The fourth-order valence-electron chi connectivity index (χ4n) is 7.09. The molecule has 6 rings (SSSR count). The Balaban J connectivity index is 1.39. The molecule has 3 aromatic carbocycles. The van der Waals surface area contributed by atoms with Gasteiger partial charge in [-0.3, -0.25) is 9.59 Å². The molecule has 1 fully saturated rings. The monoisotopic (exact) mass is 640 g/mol. The lowest BCUT2D eigenvalue weighted by Crippen LogP contribution is -2.52. The Morgan fingerprint density at radius 3 is 2.13 bits per heavy atom. The zero-order chi connectivity index (χ0) is 33.3. The Morgan fingerprint density at radius 1 is 0.851 bits per heavy atom. The molecule has 2 heterocycles. The van der Waals surface area contributed by atoms with E-state index in [-0.39, 0.29) is 23.7 Å².